The van der Waals surface area contributed by atoms with Gasteiger partial charge in [-0.25, -0.2) is 4.98 Å². The Kier molecular flexibility index (Phi) is 6.55. The number of carbonyl (C=O) groups is 1. The number of hydrogen-bond acceptors (Lipinski definition) is 4. The molecule has 1 saturated heterocycles. The predicted octanol–water partition coefficient (Wildman–Crippen LogP) is 3.65. The number of nitrogens with one attached hydrogen (secondary N) is 2. The SMILES string of the molecule is Cc1ccc(-c2nc(CCNC(=O)C3CC4CCCCC4N3)co2)cc1.Cl. The van der Waals surface area contributed by atoms with Crippen molar-refractivity contribution in [3.8, 4) is 11.5 Å². The van der Waals surface area contributed by atoms with Crippen LogP contribution in [-0.2, 0) is 11.2 Å². The first kappa shape index (κ1) is 19.9. The zero-order valence-corrected chi connectivity index (χ0v) is 16.6. The van der Waals surface area contributed by atoms with Crippen molar-refractivity contribution in [2.24, 2.45) is 5.92 Å². The minimum absolute atomic E-state index is 0. The fraction of sp³-hybridized carbons (Fsp3) is 0.524. The van der Waals surface area contributed by atoms with Crippen LogP contribution in [0.2, 0.25) is 0 Å². The van der Waals surface area contributed by atoms with Crippen LogP contribution < -0.4 is 10.6 Å². The van der Waals surface area contributed by atoms with Crippen molar-refractivity contribution in [3.05, 3.63) is 41.8 Å². The van der Waals surface area contributed by atoms with Crippen LogP contribution in [0.25, 0.3) is 11.5 Å². The van der Waals surface area contributed by atoms with Gasteiger partial charge in [-0.2, -0.15) is 0 Å². The van der Waals surface area contributed by atoms with Crippen molar-refractivity contribution < 1.29 is 9.21 Å². The lowest BCUT2D eigenvalue weighted by Gasteiger charge is -2.24. The predicted molar refractivity (Wildman–Crippen MR) is 108 cm³/mol. The number of aryl methyl sites for hydroxylation is 1. The quantitative estimate of drug-likeness (QED) is 0.819. The van der Waals surface area contributed by atoms with Crippen LogP contribution in [0.15, 0.2) is 34.9 Å². The number of carbonyl (C=O) groups excluding carboxylic acids is 1. The number of amides is 1. The Hall–Kier alpha value is -1.85. The second-order valence-electron chi connectivity index (χ2n) is 7.66. The molecule has 146 valence electrons. The summed E-state index contributed by atoms with van der Waals surface area (Å²) in [5, 5.41) is 6.58. The molecule has 2 aliphatic rings. The molecule has 1 amide bonds. The highest BCUT2D eigenvalue weighted by Crippen LogP contribution is 2.33. The fourth-order valence-corrected chi connectivity index (χ4v) is 4.21. The molecule has 3 atom stereocenters. The summed E-state index contributed by atoms with van der Waals surface area (Å²) < 4.78 is 5.58. The van der Waals surface area contributed by atoms with Gasteiger partial charge in [-0.1, -0.05) is 30.5 Å². The molecule has 5 nitrogen and oxygen atoms in total. The number of benzene rings is 1. The standard InChI is InChI=1S/C21H27N3O2.ClH/c1-14-6-8-15(9-7-14)21-23-17(13-26-21)10-11-22-20(25)19-12-16-4-2-3-5-18(16)24-19;/h6-9,13,16,18-19,24H,2-5,10-12H2,1H3,(H,22,25);1H. The molecule has 3 unspecified atom stereocenters. The van der Waals surface area contributed by atoms with E-state index in [0.717, 1.165) is 17.7 Å². The molecule has 1 aromatic heterocycles. The van der Waals surface area contributed by atoms with Gasteiger partial charge >= 0.3 is 0 Å². The molecule has 6 heteroatoms. The van der Waals surface area contributed by atoms with Gasteiger partial charge in [0, 0.05) is 24.6 Å². The fourth-order valence-electron chi connectivity index (χ4n) is 4.21. The van der Waals surface area contributed by atoms with Gasteiger partial charge in [-0.05, 0) is 44.2 Å². The van der Waals surface area contributed by atoms with Crippen LogP contribution in [0.1, 0.15) is 43.4 Å². The second-order valence-corrected chi connectivity index (χ2v) is 7.66. The van der Waals surface area contributed by atoms with Gasteiger partial charge in [0.25, 0.3) is 0 Å². The third-order valence-electron chi connectivity index (χ3n) is 5.71. The van der Waals surface area contributed by atoms with Gasteiger partial charge in [0.05, 0.1) is 11.7 Å². The van der Waals surface area contributed by atoms with E-state index >= 15 is 0 Å². The van der Waals surface area contributed by atoms with Gasteiger partial charge in [0.1, 0.15) is 6.26 Å². The maximum absolute atomic E-state index is 12.4. The summed E-state index contributed by atoms with van der Waals surface area (Å²) in [4.78, 5) is 16.9. The third kappa shape index (κ3) is 4.71. The molecule has 0 radical (unpaired) electrons. The number of aromatic nitrogens is 1. The van der Waals surface area contributed by atoms with E-state index in [1.807, 2.05) is 24.3 Å². The topological polar surface area (TPSA) is 67.2 Å². The molecule has 27 heavy (non-hydrogen) atoms. The van der Waals surface area contributed by atoms with E-state index in [2.05, 4.69) is 22.5 Å². The minimum atomic E-state index is -0.0245. The molecule has 2 heterocycles. The molecule has 1 aliphatic carbocycles. The van der Waals surface area contributed by atoms with Crippen molar-refractivity contribution in [2.75, 3.05) is 6.54 Å². The van der Waals surface area contributed by atoms with Gasteiger partial charge in [-0.15, -0.1) is 12.4 Å². The lowest BCUT2D eigenvalue weighted by atomic mass is 9.85. The summed E-state index contributed by atoms with van der Waals surface area (Å²) in [6.45, 7) is 2.65. The maximum atomic E-state index is 12.4. The average Bonchev–Trinajstić information content (AvgIpc) is 3.29. The van der Waals surface area contributed by atoms with Crippen molar-refractivity contribution in [1.29, 1.82) is 0 Å². The molecule has 2 N–H and O–H groups in total. The van der Waals surface area contributed by atoms with Gasteiger partial charge < -0.3 is 15.1 Å². The highest BCUT2D eigenvalue weighted by atomic mass is 35.5. The van der Waals surface area contributed by atoms with Crippen molar-refractivity contribution >= 4 is 18.3 Å². The largest absolute Gasteiger partial charge is 0.444 e. The molecular weight excluding hydrogens is 362 g/mol. The van der Waals surface area contributed by atoms with Crippen LogP contribution in [0.4, 0.5) is 0 Å². The Bertz CT molecular complexity index is 745. The first-order valence-electron chi connectivity index (χ1n) is 9.74. The van der Waals surface area contributed by atoms with E-state index in [1.54, 1.807) is 6.26 Å². The molecule has 2 aromatic rings. The van der Waals surface area contributed by atoms with E-state index in [0.29, 0.717) is 30.8 Å². The summed E-state index contributed by atoms with van der Waals surface area (Å²) in [5.41, 5.74) is 3.06. The number of oxazole rings is 1. The zero-order chi connectivity index (χ0) is 17.9. The first-order chi connectivity index (χ1) is 12.7. The van der Waals surface area contributed by atoms with Gasteiger partial charge in [0.2, 0.25) is 11.8 Å². The van der Waals surface area contributed by atoms with E-state index in [1.165, 1.54) is 31.2 Å². The first-order valence-corrected chi connectivity index (χ1v) is 9.74. The molecule has 1 saturated carbocycles. The second kappa shape index (κ2) is 8.89. The number of fused-ring (bicyclic) bond motifs is 1. The zero-order valence-electron chi connectivity index (χ0n) is 15.7. The van der Waals surface area contributed by atoms with Crippen LogP contribution >= 0.6 is 12.4 Å². The average molecular weight is 390 g/mol. The number of rotatable bonds is 5. The summed E-state index contributed by atoms with van der Waals surface area (Å²) in [5.74, 6) is 1.45. The van der Waals surface area contributed by atoms with Crippen LogP contribution in [-0.4, -0.2) is 29.5 Å². The molecule has 2 fully saturated rings. The van der Waals surface area contributed by atoms with Gasteiger partial charge in [0.15, 0.2) is 0 Å². The highest BCUT2D eigenvalue weighted by Gasteiger charge is 2.37. The molecule has 1 aliphatic heterocycles. The Morgan fingerprint density at radius 2 is 2.04 bits per heavy atom. The molecule has 0 spiro atoms. The number of halogens is 1. The van der Waals surface area contributed by atoms with Crippen LogP contribution in [0.3, 0.4) is 0 Å². The monoisotopic (exact) mass is 389 g/mol. The summed E-state index contributed by atoms with van der Waals surface area (Å²) >= 11 is 0. The van der Waals surface area contributed by atoms with E-state index < -0.39 is 0 Å². The van der Waals surface area contributed by atoms with Crippen molar-refractivity contribution in [2.45, 2.75) is 57.5 Å². The smallest absolute Gasteiger partial charge is 0.237 e. The molecule has 4 rings (SSSR count). The van der Waals surface area contributed by atoms with E-state index in [-0.39, 0.29) is 24.4 Å². The Labute approximate surface area is 166 Å². The Morgan fingerprint density at radius 1 is 1.26 bits per heavy atom. The molecule has 1 aromatic carbocycles. The Morgan fingerprint density at radius 3 is 2.81 bits per heavy atom. The van der Waals surface area contributed by atoms with Crippen LogP contribution in [0.5, 0.6) is 0 Å². The Balaban J connectivity index is 0.00000210. The summed E-state index contributed by atoms with van der Waals surface area (Å²) in [6.07, 6.45) is 8.43. The number of nitrogens with zero attached hydrogens (tertiary/aromatic N) is 1. The van der Waals surface area contributed by atoms with Gasteiger partial charge in [-0.3, -0.25) is 4.79 Å². The third-order valence-corrected chi connectivity index (χ3v) is 5.71. The summed E-state index contributed by atoms with van der Waals surface area (Å²) in [7, 11) is 0. The van der Waals surface area contributed by atoms with Crippen molar-refractivity contribution in [3.63, 3.8) is 0 Å². The molecule has 0 bridgehead atoms. The lowest BCUT2D eigenvalue weighted by molar-refractivity contribution is -0.122. The van der Waals surface area contributed by atoms with E-state index in [4.69, 9.17) is 4.42 Å². The van der Waals surface area contributed by atoms with E-state index in [9.17, 15) is 4.79 Å². The van der Waals surface area contributed by atoms with Crippen LogP contribution in [0, 0.1) is 12.8 Å². The molecular formula is C21H28ClN3O2. The highest BCUT2D eigenvalue weighted by molar-refractivity contribution is 5.85. The summed E-state index contributed by atoms with van der Waals surface area (Å²) in [6, 6.07) is 8.64. The lowest BCUT2D eigenvalue weighted by Crippen LogP contribution is -2.43. The number of hydrogen-bond donors (Lipinski definition) is 2. The maximum Gasteiger partial charge on any atom is 0.237 e. The minimum Gasteiger partial charge on any atom is -0.444 e. The van der Waals surface area contributed by atoms with Crippen molar-refractivity contribution in [1.82, 2.24) is 15.6 Å². The normalized spacial score (nSPS) is 24.1.